The third-order valence-corrected chi connectivity index (χ3v) is 3.08. The fourth-order valence-corrected chi connectivity index (χ4v) is 1.84. The van der Waals surface area contributed by atoms with Crippen LogP contribution in [0.2, 0.25) is 0 Å². The molecule has 1 fully saturated rings. The molecule has 1 heterocycles. The molecule has 1 aliphatic heterocycles. The summed E-state index contributed by atoms with van der Waals surface area (Å²) in [5.74, 6) is -0.518. The largest absolute Gasteiger partial charge is 1.00 e. The van der Waals surface area contributed by atoms with Gasteiger partial charge in [0.05, 0.1) is 0 Å². The Balaban J connectivity index is 0. The first-order valence-corrected chi connectivity index (χ1v) is 5.59. The number of hydrogen-bond donors (Lipinski definition) is 2. The quantitative estimate of drug-likeness (QED) is 0.461. The summed E-state index contributed by atoms with van der Waals surface area (Å²) in [5.41, 5.74) is -1.07. The van der Waals surface area contributed by atoms with Crippen LogP contribution in [-0.2, 0) is 9.59 Å². The third-order valence-electron chi connectivity index (χ3n) is 3.08. The Hall–Kier alpha value is -0.390. The topological polar surface area (TPSA) is 75.3 Å². The summed E-state index contributed by atoms with van der Waals surface area (Å²) >= 11 is 0. The summed E-state index contributed by atoms with van der Waals surface area (Å²) in [7, 11) is 0. The molecule has 17 heavy (non-hydrogen) atoms. The van der Waals surface area contributed by atoms with E-state index in [4.69, 9.17) is 0 Å². The van der Waals surface area contributed by atoms with Gasteiger partial charge >= 0.3 is 35.6 Å². The SMILES string of the molecule is CCC1(CCC(C)C)C(=O)NC(=O)NC1=O.[H-].[Na+]. The van der Waals surface area contributed by atoms with Crippen LogP contribution in [0.15, 0.2) is 0 Å². The van der Waals surface area contributed by atoms with Crippen LogP contribution in [0.5, 0.6) is 0 Å². The standard InChI is InChI=1S/C11H18N2O3.Na.H/c1-4-11(6-5-7(2)3)8(14)12-10(16)13-9(11)15;;/h7H,4-6H2,1-3H3,(H2,12,13,14,15,16);;/q;+1;-1. The van der Waals surface area contributed by atoms with Crippen molar-refractivity contribution in [3.8, 4) is 0 Å². The van der Waals surface area contributed by atoms with Crippen LogP contribution in [0.1, 0.15) is 41.5 Å². The minimum Gasteiger partial charge on any atom is -1.00 e. The van der Waals surface area contributed by atoms with E-state index >= 15 is 0 Å². The predicted molar refractivity (Wildman–Crippen MR) is 59.6 cm³/mol. The first kappa shape index (κ1) is 16.6. The van der Waals surface area contributed by atoms with Crippen LogP contribution < -0.4 is 40.2 Å². The molecule has 4 amide bonds. The van der Waals surface area contributed by atoms with Crippen molar-refractivity contribution in [1.29, 1.82) is 0 Å². The van der Waals surface area contributed by atoms with Gasteiger partial charge in [0, 0.05) is 0 Å². The number of carbonyl (C=O) groups is 3. The van der Waals surface area contributed by atoms with E-state index in [1.165, 1.54) is 0 Å². The van der Waals surface area contributed by atoms with Gasteiger partial charge in [-0.05, 0) is 25.2 Å². The molecule has 1 aliphatic rings. The molecule has 0 radical (unpaired) electrons. The Kier molecular flexibility index (Phi) is 6.37. The van der Waals surface area contributed by atoms with Gasteiger partial charge in [0.2, 0.25) is 11.8 Å². The second-order valence-electron chi connectivity index (χ2n) is 4.61. The molecule has 0 atom stereocenters. The second-order valence-corrected chi connectivity index (χ2v) is 4.61. The zero-order valence-electron chi connectivity index (χ0n) is 11.9. The van der Waals surface area contributed by atoms with Crippen LogP contribution in [0.25, 0.3) is 0 Å². The molecule has 0 saturated carbocycles. The molecule has 5 nitrogen and oxygen atoms in total. The van der Waals surface area contributed by atoms with Crippen molar-refractivity contribution in [1.82, 2.24) is 10.6 Å². The molecule has 0 unspecified atom stereocenters. The van der Waals surface area contributed by atoms with Crippen LogP contribution in [0.3, 0.4) is 0 Å². The molecular formula is C11H19N2NaO3. The summed E-state index contributed by atoms with van der Waals surface area (Å²) in [4.78, 5) is 34.5. The number of nitrogens with one attached hydrogen (secondary N) is 2. The number of amides is 4. The van der Waals surface area contributed by atoms with Crippen molar-refractivity contribution in [2.45, 2.75) is 40.0 Å². The molecule has 0 aromatic rings. The maximum atomic E-state index is 11.8. The number of urea groups is 1. The van der Waals surface area contributed by atoms with Crippen LogP contribution in [0.4, 0.5) is 4.79 Å². The molecule has 2 N–H and O–H groups in total. The van der Waals surface area contributed by atoms with Crippen molar-refractivity contribution in [3.05, 3.63) is 0 Å². The second kappa shape index (κ2) is 6.52. The number of imide groups is 2. The van der Waals surface area contributed by atoms with Gasteiger partial charge in [-0.25, -0.2) is 4.79 Å². The van der Waals surface area contributed by atoms with Gasteiger partial charge in [-0.1, -0.05) is 20.8 Å². The Morgan fingerprint density at radius 2 is 1.65 bits per heavy atom. The third kappa shape index (κ3) is 3.53. The summed E-state index contributed by atoms with van der Waals surface area (Å²) in [6, 6.07) is -0.719. The summed E-state index contributed by atoms with van der Waals surface area (Å²) in [6.07, 6.45) is 1.67. The van der Waals surface area contributed by atoms with E-state index in [1.54, 1.807) is 6.92 Å². The normalized spacial score (nSPS) is 18.5. The maximum Gasteiger partial charge on any atom is 1.00 e. The first-order chi connectivity index (χ1) is 7.42. The van der Waals surface area contributed by atoms with Crippen molar-refractivity contribution in [3.63, 3.8) is 0 Å². The smallest absolute Gasteiger partial charge is 1.00 e. The number of hydrogen-bond acceptors (Lipinski definition) is 3. The maximum absolute atomic E-state index is 11.8. The molecule has 6 heteroatoms. The molecular weight excluding hydrogens is 231 g/mol. The summed E-state index contributed by atoms with van der Waals surface area (Å²) in [6.45, 7) is 5.86. The average Bonchev–Trinajstić information content (AvgIpc) is 2.17. The van der Waals surface area contributed by atoms with E-state index in [1.807, 2.05) is 13.8 Å². The van der Waals surface area contributed by atoms with E-state index in [0.29, 0.717) is 18.8 Å². The molecule has 1 saturated heterocycles. The minimum atomic E-state index is -1.07. The molecule has 0 bridgehead atoms. The van der Waals surface area contributed by atoms with E-state index in [9.17, 15) is 14.4 Å². The molecule has 0 aromatic heterocycles. The van der Waals surface area contributed by atoms with Gasteiger partial charge < -0.3 is 1.43 Å². The van der Waals surface area contributed by atoms with Crippen molar-refractivity contribution < 1.29 is 45.4 Å². The fourth-order valence-electron chi connectivity index (χ4n) is 1.84. The molecule has 0 spiro atoms. The average molecular weight is 250 g/mol. The van der Waals surface area contributed by atoms with Gasteiger partial charge in [-0.2, -0.15) is 0 Å². The van der Waals surface area contributed by atoms with Crippen molar-refractivity contribution in [2.75, 3.05) is 0 Å². The predicted octanol–water partition coefficient (Wildman–Crippen LogP) is -1.70. The van der Waals surface area contributed by atoms with Crippen molar-refractivity contribution in [2.24, 2.45) is 11.3 Å². The van der Waals surface area contributed by atoms with Crippen molar-refractivity contribution >= 4 is 17.8 Å². The van der Waals surface area contributed by atoms with E-state index in [-0.39, 0.29) is 31.0 Å². The van der Waals surface area contributed by atoms with Gasteiger partial charge in [-0.15, -0.1) is 0 Å². The fraction of sp³-hybridized carbons (Fsp3) is 0.727. The molecule has 0 aromatic carbocycles. The zero-order valence-corrected chi connectivity index (χ0v) is 12.9. The Bertz CT molecular complexity index is 314. The molecule has 1 rings (SSSR count). The van der Waals surface area contributed by atoms with Gasteiger partial charge in [-0.3, -0.25) is 20.2 Å². The first-order valence-electron chi connectivity index (χ1n) is 5.59. The number of rotatable bonds is 4. The van der Waals surface area contributed by atoms with Crippen LogP contribution in [-0.4, -0.2) is 17.8 Å². The monoisotopic (exact) mass is 250 g/mol. The van der Waals surface area contributed by atoms with Gasteiger partial charge in [0.15, 0.2) is 0 Å². The number of barbiturate groups is 1. The van der Waals surface area contributed by atoms with E-state index in [2.05, 4.69) is 10.6 Å². The Morgan fingerprint density at radius 1 is 1.18 bits per heavy atom. The van der Waals surface area contributed by atoms with Gasteiger partial charge in [0.25, 0.3) is 0 Å². The minimum absolute atomic E-state index is 0. The Labute approximate surface area is 125 Å². The Morgan fingerprint density at radius 3 is 2.00 bits per heavy atom. The van der Waals surface area contributed by atoms with Crippen LogP contribution in [0, 0.1) is 11.3 Å². The molecule has 0 aliphatic carbocycles. The summed E-state index contributed by atoms with van der Waals surface area (Å²) < 4.78 is 0. The van der Waals surface area contributed by atoms with Gasteiger partial charge in [0.1, 0.15) is 5.41 Å². The molecule has 92 valence electrons. The van der Waals surface area contributed by atoms with Crippen LogP contribution >= 0.6 is 0 Å². The van der Waals surface area contributed by atoms with E-state index < -0.39 is 23.3 Å². The van der Waals surface area contributed by atoms with E-state index in [0.717, 1.165) is 6.42 Å². The summed E-state index contributed by atoms with van der Waals surface area (Å²) in [5, 5.41) is 4.33. The zero-order chi connectivity index (χ0) is 12.3. The number of carbonyl (C=O) groups excluding carboxylic acids is 3.